The number of pyridine rings is 1. The fraction of sp³-hybridized carbons (Fsp3) is 0.256. The first-order valence-corrected chi connectivity index (χ1v) is 19.3. The molecule has 9 nitrogen and oxygen atoms in total. The van der Waals surface area contributed by atoms with Gasteiger partial charge >= 0.3 is 10.1 Å². The summed E-state index contributed by atoms with van der Waals surface area (Å²) in [7, 11) is -7.36. The lowest BCUT2D eigenvalue weighted by molar-refractivity contribution is -0.0616. The molecule has 0 fully saturated rings. The number of hydrogen-bond donors (Lipinski definition) is 0. The highest BCUT2D eigenvalue weighted by Gasteiger charge is 2.39. The molecule has 0 N–H and O–H groups in total. The molecular formula is C39H43NO8S2. The van der Waals surface area contributed by atoms with Gasteiger partial charge in [0.25, 0.3) is 0 Å². The molecule has 5 rings (SSSR count). The van der Waals surface area contributed by atoms with Crippen LogP contribution in [0.3, 0.4) is 0 Å². The van der Waals surface area contributed by atoms with Crippen LogP contribution < -0.4 is 14.2 Å². The van der Waals surface area contributed by atoms with Gasteiger partial charge in [-0.25, -0.2) is 3.63 Å². The second kappa shape index (κ2) is 17.0. The van der Waals surface area contributed by atoms with Crippen LogP contribution in [0.4, 0.5) is 0 Å². The summed E-state index contributed by atoms with van der Waals surface area (Å²) >= 11 is 0. The van der Waals surface area contributed by atoms with E-state index in [1.54, 1.807) is 54.7 Å². The Labute approximate surface area is 296 Å². The number of ether oxygens (including phenoxy) is 5. The van der Waals surface area contributed by atoms with Gasteiger partial charge in [-0.2, -0.15) is 8.42 Å². The number of rotatable bonds is 17. The van der Waals surface area contributed by atoms with Crippen LogP contribution in [0, 0.1) is 6.92 Å². The minimum Gasteiger partial charge on any atom is -0.487 e. The van der Waals surface area contributed by atoms with Gasteiger partial charge in [0.1, 0.15) is 23.9 Å². The fourth-order valence-corrected chi connectivity index (χ4v) is 10.3. The Morgan fingerprint density at radius 1 is 0.620 bits per heavy atom. The lowest BCUT2D eigenvalue weighted by atomic mass is 10.2. The van der Waals surface area contributed by atoms with Gasteiger partial charge in [-0.15, -0.1) is 0 Å². The normalized spacial score (nSPS) is 14.6. The van der Waals surface area contributed by atoms with E-state index in [1.165, 1.54) is 0 Å². The Bertz CT molecular complexity index is 1850. The average Bonchev–Trinajstić information content (AvgIpc) is 3.11. The third-order valence-electron chi connectivity index (χ3n) is 7.47. The molecule has 0 amide bonds. The molecule has 0 bridgehead atoms. The van der Waals surface area contributed by atoms with E-state index in [0.717, 1.165) is 11.3 Å². The Balaban J connectivity index is 1.67. The molecule has 0 aliphatic heterocycles. The van der Waals surface area contributed by atoms with E-state index in [1.807, 2.05) is 101 Å². The maximum absolute atomic E-state index is 14.3. The SMILES string of the molecule is CCOC(C)Oc1ccc(S(OS(=O)(=O)c2ccc(C)cc2)(c2ccc(OC(C)OCC)cc2)c2cccc(OCc3ccccn3)c2)cc1. The first kappa shape index (κ1) is 36.9. The smallest absolute Gasteiger partial charge is 0.307 e. The summed E-state index contributed by atoms with van der Waals surface area (Å²) in [5.41, 5.74) is 1.68. The standard InChI is InChI=1S/C39H43NO8S2/c1-6-43-30(4)46-33-16-22-36(23-17-33)49(48-50(41,42)38-20-14-29(3)15-21-38,37-24-18-34(19-25-37)47-31(5)44-7-2)39-13-10-12-35(27-39)45-28-32-11-8-9-26-40-32/h8-27,30-31H,6-7,28H2,1-5H3. The van der Waals surface area contributed by atoms with E-state index in [9.17, 15) is 8.42 Å². The first-order chi connectivity index (χ1) is 24.1. The van der Waals surface area contributed by atoms with Gasteiger partial charge in [-0.3, -0.25) is 4.98 Å². The molecule has 0 spiro atoms. The van der Waals surface area contributed by atoms with Crippen molar-refractivity contribution in [1.82, 2.24) is 4.98 Å². The van der Waals surface area contributed by atoms with Crippen molar-refractivity contribution < 1.29 is 35.7 Å². The maximum atomic E-state index is 14.3. The largest absolute Gasteiger partial charge is 0.487 e. The fourth-order valence-electron chi connectivity index (χ4n) is 5.13. The van der Waals surface area contributed by atoms with E-state index >= 15 is 0 Å². The van der Waals surface area contributed by atoms with E-state index in [0.29, 0.717) is 45.1 Å². The molecule has 0 aliphatic rings. The van der Waals surface area contributed by atoms with Gasteiger partial charge in [0.15, 0.2) is 12.6 Å². The van der Waals surface area contributed by atoms with Crippen LogP contribution in [0.2, 0.25) is 0 Å². The van der Waals surface area contributed by atoms with Gasteiger partial charge in [0.2, 0.25) is 0 Å². The highest BCUT2D eigenvalue weighted by molar-refractivity contribution is 8.33. The summed E-state index contributed by atoms with van der Waals surface area (Å²) in [6.45, 7) is 10.5. The summed E-state index contributed by atoms with van der Waals surface area (Å²) in [6.07, 6.45) is 0.764. The monoisotopic (exact) mass is 717 g/mol. The van der Waals surface area contributed by atoms with Crippen LogP contribution in [0.15, 0.2) is 141 Å². The number of benzene rings is 4. The maximum Gasteiger partial charge on any atom is 0.307 e. The Morgan fingerprint density at radius 2 is 1.18 bits per heavy atom. The van der Waals surface area contributed by atoms with Gasteiger partial charge in [-0.1, -0.05) is 29.8 Å². The van der Waals surface area contributed by atoms with Gasteiger partial charge in [-0.05, 0) is 136 Å². The third-order valence-corrected chi connectivity index (χ3v) is 12.6. The molecule has 0 radical (unpaired) electrons. The zero-order valence-electron chi connectivity index (χ0n) is 28.9. The van der Waals surface area contributed by atoms with Crippen LogP contribution in [-0.2, 0) is 29.8 Å². The molecule has 5 aromatic rings. The van der Waals surface area contributed by atoms with E-state index in [-0.39, 0.29) is 11.5 Å². The number of aryl methyl sites for hydroxylation is 1. The second-order valence-electron chi connectivity index (χ2n) is 11.2. The minimum atomic E-state index is -4.34. The van der Waals surface area contributed by atoms with Crippen LogP contribution >= 0.6 is 10.3 Å². The quantitative estimate of drug-likeness (QED) is 0.0872. The van der Waals surface area contributed by atoms with Crippen LogP contribution in [0.1, 0.15) is 39.0 Å². The highest BCUT2D eigenvalue weighted by atomic mass is 32.3. The summed E-state index contributed by atoms with van der Waals surface area (Å²) in [5.74, 6) is 1.65. The van der Waals surface area contributed by atoms with Gasteiger partial charge in [0, 0.05) is 34.1 Å². The third kappa shape index (κ3) is 9.23. The predicted octanol–water partition coefficient (Wildman–Crippen LogP) is 9.09. The molecule has 1 aromatic heterocycles. The molecule has 50 heavy (non-hydrogen) atoms. The van der Waals surface area contributed by atoms with Gasteiger partial charge in [0.05, 0.1) is 10.6 Å². The van der Waals surface area contributed by atoms with E-state index in [4.69, 9.17) is 27.3 Å². The van der Waals surface area contributed by atoms with Crippen LogP contribution in [0.25, 0.3) is 0 Å². The minimum absolute atomic E-state index is 0.0403. The summed E-state index contributed by atoms with van der Waals surface area (Å²) in [5, 5.41) is 0. The number of nitrogens with zero attached hydrogens (tertiary/aromatic N) is 1. The molecule has 2 atom stereocenters. The molecule has 11 heteroatoms. The first-order valence-electron chi connectivity index (χ1n) is 16.4. The zero-order chi connectivity index (χ0) is 35.6. The molecule has 0 saturated carbocycles. The second-order valence-corrected chi connectivity index (χ2v) is 15.7. The lowest BCUT2D eigenvalue weighted by Gasteiger charge is -2.39. The molecular weight excluding hydrogens is 675 g/mol. The van der Waals surface area contributed by atoms with Crippen molar-refractivity contribution in [2.75, 3.05) is 13.2 Å². The average molecular weight is 718 g/mol. The molecule has 0 aliphatic carbocycles. The van der Waals surface area contributed by atoms with Crippen molar-refractivity contribution in [3.05, 3.63) is 133 Å². The zero-order valence-corrected chi connectivity index (χ0v) is 30.5. The lowest BCUT2D eigenvalue weighted by Crippen LogP contribution is -2.17. The number of hydrogen-bond acceptors (Lipinski definition) is 9. The van der Waals surface area contributed by atoms with Crippen molar-refractivity contribution in [2.45, 2.75) is 73.4 Å². The van der Waals surface area contributed by atoms with Crippen LogP contribution in [-0.4, -0.2) is 39.2 Å². The predicted molar refractivity (Wildman–Crippen MR) is 193 cm³/mol. The summed E-state index contributed by atoms with van der Waals surface area (Å²) in [6, 6.07) is 34.0. The Morgan fingerprint density at radius 3 is 1.70 bits per heavy atom. The number of aromatic nitrogens is 1. The van der Waals surface area contributed by atoms with Crippen molar-refractivity contribution in [2.24, 2.45) is 0 Å². The summed E-state index contributed by atoms with van der Waals surface area (Å²) < 4.78 is 64.5. The van der Waals surface area contributed by atoms with E-state index < -0.39 is 33.0 Å². The molecule has 4 aromatic carbocycles. The summed E-state index contributed by atoms with van der Waals surface area (Å²) in [4.78, 5) is 6.23. The van der Waals surface area contributed by atoms with Crippen molar-refractivity contribution in [3.8, 4) is 17.2 Å². The highest BCUT2D eigenvalue weighted by Crippen LogP contribution is 2.70. The molecule has 1 heterocycles. The van der Waals surface area contributed by atoms with Crippen LogP contribution in [0.5, 0.6) is 17.2 Å². The molecule has 264 valence electrons. The molecule has 0 saturated heterocycles. The topological polar surface area (TPSA) is 102 Å². The van der Waals surface area contributed by atoms with E-state index in [2.05, 4.69) is 4.98 Å². The molecule has 2 unspecified atom stereocenters. The Kier molecular flexibility index (Phi) is 12.6. The van der Waals surface area contributed by atoms with Crippen molar-refractivity contribution in [1.29, 1.82) is 0 Å². The Hall–Kier alpha value is -4.39. The van der Waals surface area contributed by atoms with Crippen molar-refractivity contribution in [3.63, 3.8) is 0 Å². The van der Waals surface area contributed by atoms with Crippen molar-refractivity contribution >= 4 is 20.4 Å². The van der Waals surface area contributed by atoms with Gasteiger partial charge < -0.3 is 23.7 Å².